The van der Waals surface area contributed by atoms with Gasteiger partial charge in [-0.25, -0.2) is 4.79 Å². The Balaban J connectivity index is 2.21. The molecule has 1 aliphatic rings. The van der Waals surface area contributed by atoms with Crippen molar-refractivity contribution in [2.45, 2.75) is 123 Å². The maximum absolute atomic E-state index is 12.7. The van der Waals surface area contributed by atoms with Crippen LogP contribution in [0.1, 0.15) is 104 Å². The van der Waals surface area contributed by atoms with E-state index in [0.29, 0.717) is 18.4 Å². The minimum absolute atomic E-state index is 0.0144. The third-order valence-electron chi connectivity index (χ3n) is 7.39. The van der Waals surface area contributed by atoms with Gasteiger partial charge >= 0.3 is 24.1 Å². The number of carboxylic acid groups (broad SMARTS) is 1. The van der Waals surface area contributed by atoms with Gasteiger partial charge < -0.3 is 29.8 Å². The van der Waals surface area contributed by atoms with Gasteiger partial charge in [-0.15, -0.1) is 0 Å². The molecule has 0 radical (unpaired) electrons. The smallest absolute Gasteiger partial charge is 0.480 e. The molecule has 1 aromatic rings. The van der Waals surface area contributed by atoms with Gasteiger partial charge in [0.2, 0.25) is 0 Å². The Hall–Kier alpha value is -3.14. The highest BCUT2D eigenvalue weighted by Gasteiger charge is 2.38. The lowest BCUT2D eigenvalue weighted by Crippen LogP contribution is -2.52. The van der Waals surface area contributed by atoms with Crippen LogP contribution in [0, 0.1) is 11.8 Å². The predicted octanol–water partition coefficient (Wildman–Crippen LogP) is 5.96. The Morgan fingerprint density at radius 1 is 0.927 bits per heavy atom. The topological polar surface area (TPSA) is 151 Å². The second-order valence-electron chi connectivity index (χ2n) is 11.4. The molecular weight excluding hydrogens is 530 g/mol. The molecule has 4 atom stereocenters. The molecule has 1 fully saturated rings. The van der Waals surface area contributed by atoms with Crippen molar-refractivity contribution in [2.75, 3.05) is 0 Å². The molecule has 10 nitrogen and oxygen atoms in total. The quantitative estimate of drug-likeness (QED) is 0.189. The lowest BCUT2D eigenvalue weighted by molar-refractivity contribution is -0.145. The van der Waals surface area contributed by atoms with Crippen molar-refractivity contribution in [1.29, 1.82) is 0 Å². The first-order valence-corrected chi connectivity index (χ1v) is 14.8. The molecule has 0 saturated heterocycles. The van der Waals surface area contributed by atoms with Crippen LogP contribution in [0.3, 0.4) is 0 Å². The molecule has 0 heterocycles. The molecule has 41 heavy (non-hydrogen) atoms. The number of carboxylic acids is 1. The van der Waals surface area contributed by atoms with Gasteiger partial charge in [-0.3, -0.25) is 14.4 Å². The fourth-order valence-electron chi connectivity index (χ4n) is 5.01. The van der Waals surface area contributed by atoms with Gasteiger partial charge in [-0.2, -0.15) is 0 Å². The zero-order chi connectivity index (χ0) is 30.6. The average molecular weight is 578 g/mol. The van der Waals surface area contributed by atoms with Crippen LogP contribution in [0.15, 0.2) is 18.2 Å². The van der Waals surface area contributed by atoms with Crippen molar-refractivity contribution in [3.63, 3.8) is 0 Å². The van der Waals surface area contributed by atoms with Crippen molar-refractivity contribution >= 4 is 24.1 Å². The number of hydrogen-bond acceptors (Lipinski definition) is 9. The number of ether oxygens (including phenoxy) is 4. The third kappa shape index (κ3) is 11.0. The van der Waals surface area contributed by atoms with E-state index in [9.17, 15) is 24.3 Å². The molecule has 230 valence electrons. The van der Waals surface area contributed by atoms with Crippen LogP contribution < -0.4 is 15.2 Å². The van der Waals surface area contributed by atoms with Gasteiger partial charge in [0.05, 0.1) is 11.8 Å². The molecule has 0 aliphatic heterocycles. The summed E-state index contributed by atoms with van der Waals surface area (Å²) >= 11 is 0. The van der Waals surface area contributed by atoms with Crippen molar-refractivity contribution in [1.82, 2.24) is 0 Å². The zero-order valence-corrected chi connectivity index (χ0v) is 25.1. The standard InChI is InChI=1S/C31H47NO9/c1-6-11-20(3)27(33)40-25-16-15-23(17-26(25)41-28(34)21(4)12-7-2)19-31(32,29(35)36)18-22(5)38-30(37)39-24-13-9-8-10-14-24/h15-17,20-22,24H,6-14,18-19,32H2,1-5H3,(H,35,36)/t20?,21?,22-,31?/m0/s1. The molecule has 0 spiro atoms. The lowest BCUT2D eigenvalue weighted by atomic mass is 9.86. The molecule has 3 N–H and O–H groups in total. The maximum atomic E-state index is 12.7. The molecule has 10 heteroatoms. The van der Waals surface area contributed by atoms with E-state index in [1.54, 1.807) is 26.8 Å². The highest BCUT2D eigenvalue weighted by molar-refractivity contribution is 5.80. The Bertz CT molecular complexity index is 1040. The normalized spacial score (nSPS) is 17.4. The summed E-state index contributed by atoms with van der Waals surface area (Å²) in [7, 11) is 0. The van der Waals surface area contributed by atoms with Crippen LogP contribution in [0.5, 0.6) is 11.5 Å². The molecule has 2 rings (SSSR count). The Kier molecular flexibility index (Phi) is 13.6. The monoisotopic (exact) mass is 577 g/mol. The summed E-state index contributed by atoms with van der Waals surface area (Å²) in [6, 6.07) is 4.52. The van der Waals surface area contributed by atoms with Crippen LogP contribution >= 0.6 is 0 Å². The number of carbonyl (C=O) groups is 4. The first kappa shape index (κ1) is 34.1. The van der Waals surface area contributed by atoms with Crippen molar-refractivity contribution in [3.8, 4) is 11.5 Å². The van der Waals surface area contributed by atoms with Crippen LogP contribution in [-0.2, 0) is 30.3 Å². The van der Waals surface area contributed by atoms with Gasteiger partial charge in [-0.1, -0.05) is 53.0 Å². The number of carbonyl (C=O) groups excluding carboxylic acids is 3. The number of nitrogens with two attached hydrogens (primary N) is 1. The molecule has 0 amide bonds. The van der Waals surface area contributed by atoms with Crippen LogP contribution in [0.4, 0.5) is 4.79 Å². The summed E-state index contributed by atoms with van der Waals surface area (Å²) in [4.78, 5) is 49.9. The summed E-state index contributed by atoms with van der Waals surface area (Å²) in [6.07, 6.45) is 5.30. The number of rotatable bonds is 15. The minimum atomic E-state index is -1.81. The van der Waals surface area contributed by atoms with E-state index in [2.05, 4.69) is 0 Å². The van der Waals surface area contributed by atoms with Gasteiger partial charge in [-0.05, 0) is 63.1 Å². The van der Waals surface area contributed by atoms with Crippen molar-refractivity contribution in [2.24, 2.45) is 17.6 Å². The second-order valence-corrected chi connectivity index (χ2v) is 11.4. The Labute approximate surface area is 243 Å². The fourth-order valence-corrected chi connectivity index (χ4v) is 5.01. The third-order valence-corrected chi connectivity index (χ3v) is 7.39. The van der Waals surface area contributed by atoms with E-state index in [0.717, 1.165) is 44.9 Å². The predicted molar refractivity (Wildman–Crippen MR) is 153 cm³/mol. The second kappa shape index (κ2) is 16.3. The molecule has 1 aromatic carbocycles. The van der Waals surface area contributed by atoms with Gasteiger partial charge in [0, 0.05) is 12.8 Å². The van der Waals surface area contributed by atoms with Crippen LogP contribution in [0.25, 0.3) is 0 Å². The zero-order valence-electron chi connectivity index (χ0n) is 25.1. The number of esters is 2. The molecule has 3 unspecified atom stereocenters. The van der Waals surface area contributed by atoms with Crippen LogP contribution in [-0.4, -0.2) is 46.9 Å². The van der Waals surface area contributed by atoms with Gasteiger partial charge in [0.25, 0.3) is 0 Å². The first-order valence-electron chi connectivity index (χ1n) is 14.8. The van der Waals surface area contributed by atoms with E-state index < -0.39 is 35.7 Å². The maximum Gasteiger partial charge on any atom is 0.508 e. The highest BCUT2D eigenvalue weighted by atomic mass is 16.7. The van der Waals surface area contributed by atoms with E-state index in [1.807, 2.05) is 13.8 Å². The average Bonchev–Trinajstić information content (AvgIpc) is 2.90. The summed E-state index contributed by atoms with van der Waals surface area (Å²) in [5.74, 6) is -2.88. The van der Waals surface area contributed by atoms with Crippen molar-refractivity contribution in [3.05, 3.63) is 23.8 Å². The molecule has 0 aromatic heterocycles. The van der Waals surface area contributed by atoms with E-state index in [-0.39, 0.29) is 42.3 Å². The highest BCUT2D eigenvalue weighted by Crippen LogP contribution is 2.32. The summed E-state index contributed by atoms with van der Waals surface area (Å²) < 4.78 is 21.9. The Morgan fingerprint density at radius 2 is 1.49 bits per heavy atom. The molecule has 0 bridgehead atoms. The Morgan fingerprint density at radius 3 is 2.02 bits per heavy atom. The summed E-state index contributed by atoms with van der Waals surface area (Å²) in [5.41, 5.74) is 4.97. The lowest BCUT2D eigenvalue weighted by Gasteiger charge is -2.28. The van der Waals surface area contributed by atoms with Gasteiger partial charge in [0.1, 0.15) is 17.7 Å². The summed E-state index contributed by atoms with van der Waals surface area (Å²) in [6.45, 7) is 9.00. The molecular formula is C31H47NO9. The fraction of sp³-hybridized carbons (Fsp3) is 0.677. The first-order chi connectivity index (χ1) is 19.4. The number of benzene rings is 1. The minimum Gasteiger partial charge on any atom is -0.480 e. The SMILES string of the molecule is CCCC(C)C(=O)Oc1ccc(CC(N)(C[C@H](C)OC(=O)OC2CCCCC2)C(=O)O)cc1OC(=O)C(C)CCC. The number of hydrogen-bond donors (Lipinski definition) is 2. The van der Waals surface area contributed by atoms with E-state index >= 15 is 0 Å². The largest absolute Gasteiger partial charge is 0.508 e. The molecule has 1 aliphatic carbocycles. The number of aliphatic carboxylic acids is 1. The van der Waals surface area contributed by atoms with E-state index in [4.69, 9.17) is 24.7 Å². The molecule has 1 saturated carbocycles. The van der Waals surface area contributed by atoms with Crippen molar-refractivity contribution < 1.29 is 43.2 Å². The summed E-state index contributed by atoms with van der Waals surface area (Å²) in [5, 5.41) is 10.0. The van der Waals surface area contributed by atoms with Crippen LogP contribution in [0.2, 0.25) is 0 Å². The van der Waals surface area contributed by atoms with Gasteiger partial charge in [0.15, 0.2) is 11.5 Å². The van der Waals surface area contributed by atoms with E-state index in [1.165, 1.54) is 12.1 Å².